The van der Waals surface area contributed by atoms with Crippen molar-refractivity contribution in [2.45, 2.75) is 26.4 Å². The molecule has 0 radical (unpaired) electrons. The maximum Gasteiger partial charge on any atom is 0.219 e. The Morgan fingerprint density at radius 3 is 2.89 bits per heavy atom. The summed E-state index contributed by atoms with van der Waals surface area (Å²) in [5.74, 6) is -0.545. The van der Waals surface area contributed by atoms with E-state index in [1.807, 2.05) is 6.92 Å². The van der Waals surface area contributed by atoms with Gasteiger partial charge in [0.25, 0.3) is 0 Å². The van der Waals surface area contributed by atoms with E-state index >= 15 is 0 Å². The summed E-state index contributed by atoms with van der Waals surface area (Å²) < 4.78 is 27.6. The van der Waals surface area contributed by atoms with Gasteiger partial charge in [-0.3, -0.25) is 4.98 Å². The first kappa shape index (κ1) is 17.3. The monoisotopic (exact) mass is 368 g/mol. The minimum atomic E-state index is -0.527. The summed E-state index contributed by atoms with van der Waals surface area (Å²) in [4.78, 5) is 18.4. The van der Waals surface area contributed by atoms with Crippen molar-refractivity contribution in [2.24, 2.45) is 0 Å². The number of nitrogens with one attached hydrogen (secondary N) is 1. The van der Waals surface area contributed by atoms with Crippen molar-refractivity contribution in [2.75, 3.05) is 16.8 Å². The largest absolute Gasteiger partial charge is 0.366 e. The third-order valence-corrected chi connectivity index (χ3v) is 4.54. The Hall–Kier alpha value is -3.16. The molecule has 6 nitrogen and oxygen atoms in total. The van der Waals surface area contributed by atoms with E-state index in [4.69, 9.17) is 0 Å². The van der Waals surface area contributed by atoms with Crippen LogP contribution >= 0.6 is 0 Å². The number of pyridine rings is 2. The average Bonchev–Trinajstić information content (AvgIpc) is 3.06. The van der Waals surface area contributed by atoms with Gasteiger partial charge in [0.15, 0.2) is 0 Å². The lowest BCUT2D eigenvalue weighted by Gasteiger charge is -2.20. The lowest BCUT2D eigenvalue weighted by molar-refractivity contribution is 0.564. The van der Waals surface area contributed by atoms with Crippen molar-refractivity contribution in [1.82, 2.24) is 19.9 Å². The maximum absolute atomic E-state index is 14.5. The molecule has 0 spiro atoms. The highest BCUT2D eigenvalue weighted by atomic mass is 19.1. The predicted octanol–water partition coefficient (Wildman–Crippen LogP) is 3.03. The van der Waals surface area contributed by atoms with Gasteiger partial charge in [0.05, 0.1) is 23.3 Å². The van der Waals surface area contributed by atoms with Crippen LogP contribution in [0.25, 0.3) is 0 Å². The number of hydrogen-bond donors (Lipinski definition) is 1. The maximum atomic E-state index is 14.5. The minimum absolute atomic E-state index is 0.312. The Bertz CT molecular complexity index is 978. The van der Waals surface area contributed by atoms with E-state index in [0.29, 0.717) is 30.0 Å². The lowest BCUT2D eigenvalue weighted by atomic mass is 10.2. The molecule has 138 valence electrons. The molecule has 8 heteroatoms. The van der Waals surface area contributed by atoms with Crippen LogP contribution in [0, 0.1) is 18.7 Å². The van der Waals surface area contributed by atoms with Crippen molar-refractivity contribution >= 4 is 11.5 Å². The average molecular weight is 368 g/mol. The highest BCUT2D eigenvalue weighted by molar-refractivity contribution is 5.58. The van der Waals surface area contributed by atoms with Gasteiger partial charge in [0.2, 0.25) is 5.95 Å². The van der Waals surface area contributed by atoms with Crippen LogP contribution in [-0.2, 0) is 19.5 Å². The summed E-state index contributed by atoms with van der Waals surface area (Å²) in [6.45, 7) is 3.43. The number of anilines is 2. The van der Waals surface area contributed by atoms with E-state index in [2.05, 4.69) is 30.2 Å². The molecule has 0 bridgehead atoms. The molecule has 0 saturated heterocycles. The standard InChI is InChI=1S/C19H18F2N6/c1-12-18-16(25-11-24-12)4-5-27(18)10-14-2-3-17(26-19(14)21)23-8-13-6-15(20)9-22-7-13/h2-3,6-7,9,11H,4-5,8,10H2,1H3,(H,23,26). The fraction of sp³-hybridized carbons (Fsp3) is 0.263. The van der Waals surface area contributed by atoms with Gasteiger partial charge < -0.3 is 10.2 Å². The number of nitrogens with zero attached hydrogens (tertiary/aromatic N) is 5. The van der Waals surface area contributed by atoms with Crippen LogP contribution in [0.15, 0.2) is 36.9 Å². The number of aromatic nitrogens is 4. The predicted molar refractivity (Wildman–Crippen MR) is 97.2 cm³/mol. The Morgan fingerprint density at radius 1 is 1.19 bits per heavy atom. The summed E-state index contributed by atoms with van der Waals surface area (Å²) >= 11 is 0. The van der Waals surface area contributed by atoms with Gasteiger partial charge in [-0.05, 0) is 30.7 Å². The number of rotatable bonds is 5. The molecule has 27 heavy (non-hydrogen) atoms. The van der Waals surface area contributed by atoms with E-state index in [9.17, 15) is 8.78 Å². The first-order chi connectivity index (χ1) is 13.1. The molecule has 4 heterocycles. The van der Waals surface area contributed by atoms with Crippen LogP contribution in [-0.4, -0.2) is 26.5 Å². The van der Waals surface area contributed by atoms with Gasteiger partial charge in [-0.15, -0.1) is 0 Å². The Labute approximate surface area is 155 Å². The van der Waals surface area contributed by atoms with Gasteiger partial charge in [0.1, 0.15) is 18.0 Å². The third kappa shape index (κ3) is 3.69. The van der Waals surface area contributed by atoms with E-state index in [1.165, 1.54) is 6.07 Å². The first-order valence-electron chi connectivity index (χ1n) is 8.64. The van der Waals surface area contributed by atoms with Crippen LogP contribution in [0.2, 0.25) is 0 Å². The van der Waals surface area contributed by atoms with Gasteiger partial charge >= 0.3 is 0 Å². The third-order valence-electron chi connectivity index (χ3n) is 4.54. The van der Waals surface area contributed by atoms with Crippen molar-refractivity contribution in [3.8, 4) is 0 Å². The van der Waals surface area contributed by atoms with Gasteiger partial charge in [0, 0.05) is 37.8 Å². The topological polar surface area (TPSA) is 66.8 Å². The van der Waals surface area contributed by atoms with Crippen LogP contribution in [0.4, 0.5) is 20.3 Å². The molecule has 0 amide bonds. The number of fused-ring (bicyclic) bond motifs is 1. The molecule has 0 fully saturated rings. The summed E-state index contributed by atoms with van der Waals surface area (Å²) in [5, 5.41) is 2.98. The molecule has 3 aromatic heterocycles. The quantitative estimate of drug-likeness (QED) is 0.699. The highest BCUT2D eigenvalue weighted by Gasteiger charge is 2.24. The molecule has 1 N–H and O–H groups in total. The van der Waals surface area contributed by atoms with E-state index in [1.54, 1.807) is 24.7 Å². The fourth-order valence-electron chi connectivity index (χ4n) is 3.25. The number of halogens is 2. The van der Waals surface area contributed by atoms with E-state index in [0.717, 1.165) is 36.2 Å². The first-order valence-corrected chi connectivity index (χ1v) is 8.64. The van der Waals surface area contributed by atoms with Crippen molar-refractivity contribution < 1.29 is 8.78 Å². The molecule has 1 aliphatic rings. The van der Waals surface area contributed by atoms with Crippen LogP contribution in [0.5, 0.6) is 0 Å². The number of aryl methyl sites for hydroxylation is 1. The van der Waals surface area contributed by atoms with Crippen LogP contribution in [0.1, 0.15) is 22.5 Å². The highest BCUT2D eigenvalue weighted by Crippen LogP contribution is 2.30. The molecular formula is C19H18F2N6. The van der Waals surface area contributed by atoms with Gasteiger partial charge in [-0.1, -0.05) is 0 Å². The summed E-state index contributed by atoms with van der Waals surface area (Å²) in [7, 11) is 0. The normalized spacial score (nSPS) is 12.9. The van der Waals surface area contributed by atoms with Gasteiger partial charge in [-0.25, -0.2) is 19.3 Å². The summed E-state index contributed by atoms with van der Waals surface area (Å²) in [6, 6.07) is 4.81. The SMILES string of the molecule is Cc1ncnc2c1N(Cc1ccc(NCc3cncc(F)c3)nc1F)CC2. The van der Waals surface area contributed by atoms with Gasteiger partial charge in [-0.2, -0.15) is 4.39 Å². The Balaban J connectivity index is 1.45. The Kier molecular flexibility index (Phi) is 4.62. The molecule has 1 aliphatic heterocycles. The van der Waals surface area contributed by atoms with Crippen molar-refractivity contribution in [3.63, 3.8) is 0 Å². The lowest BCUT2D eigenvalue weighted by Crippen LogP contribution is -2.21. The van der Waals surface area contributed by atoms with E-state index < -0.39 is 11.8 Å². The fourth-order valence-corrected chi connectivity index (χ4v) is 3.25. The second kappa shape index (κ2) is 7.22. The zero-order valence-electron chi connectivity index (χ0n) is 14.8. The second-order valence-electron chi connectivity index (χ2n) is 6.44. The Morgan fingerprint density at radius 2 is 2.07 bits per heavy atom. The molecule has 0 aliphatic carbocycles. The van der Waals surface area contributed by atoms with Crippen molar-refractivity contribution in [3.05, 3.63) is 71.2 Å². The molecular weight excluding hydrogens is 350 g/mol. The zero-order valence-corrected chi connectivity index (χ0v) is 14.8. The summed E-state index contributed by atoms with van der Waals surface area (Å²) in [5.41, 5.74) is 4.04. The molecule has 4 rings (SSSR count). The van der Waals surface area contributed by atoms with E-state index in [-0.39, 0.29) is 0 Å². The molecule has 0 atom stereocenters. The molecule has 3 aromatic rings. The minimum Gasteiger partial charge on any atom is -0.366 e. The van der Waals surface area contributed by atoms with Crippen molar-refractivity contribution in [1.29, 1.82) is 0 Å². The molecule has 0 unspecified atom stereocenters. The van der Waals surface area contributed by atoms with Crippen LogP contribution in [0.3, 0.4) is 0 Å². The zero-order chi connectivity index (χ0) is 18.8. The van der Waals surface area contributed by atoms with Crippen LogP contribution < -0.4 is 10.2 Å². The molecule has 0 saturated carbocycles. The smallest absolute Gasteiger partial charge is 0.219 e. The summed E-state index contributed by atoms with van der Waals surface area (Å²) in [6.07, 6.45) is 5.08. The number of hydrogen-bond acceptors (Lipinski definition) is 6. The molecule has 0 aromatic carbocycles. The second-order valence-corrected chi connectivity index (χ2v) is 6.44.